The van der Waals surface area contributed by atoms with E-state index in [9.17, 15) is 8.78 Å². The summed E-state index contributed by atoms with van der Waals surface area (Å²) in [5.41, 5.74) is 1.81. The van der Waals surface area contributed by atoms with Crippen LogP contribution in [0, 0.1) is 11.6 Å². The lowest BCUT2D eigenvalue weighted by atomic mass is 10.2. The third-order valence-corrected chi connectivity index (χ3v) is 4.34. The predicted octanol–water partition coefficient (Wildman–Crippen LogP) is 3.79. The minimum atomic E-state index is -0.935. The molecule has 0 fully saturated rings. The van der Waals surface area contributed by atoms with Gasteiger partial charge in [0.05, 0.1) is 23.8 Å². The number of fused-ring (bicyclic) bond motifs is 1. The molecule has 0 unspecified atom stereocenters. The molecular formula is C20H17F2N5. The molecule has 0 aliphatic rings. The number of aromatic nitrogens is 4. The number of hydrogen-bond donors (Lipinski definition) is 0. The van der Waals surface area contributed by atoms with Gasteiger partial charge in [-0.2, -0.15) is 0 Å². The Labute approximate surface area is 154 Å². The molecule has 27 heavy (non-hydrogen) atoms. The fourth-order valence-corrected chi connectivity index (χ4v) is 2.89. The zero-order valence-electron chi connectivity index (χ0n) is 14.7. The maximum absolute atomic E-state index is 13.5. The minimum absolute atomic E-state index is 0.311. The highest BCUT2D eigenvalue weighted by atomic mass is 19.2. The summed E-state index contributed by atoms with van der Waals surface area (Å²) in [4.78, 5) is 14.9. The zero-order chi connectivity index (χ0) is 18.8. The summed E-state index contributed by atoms with van der Waals surface area (Å²) in [6, 6.07) is 12.2. The molecule has 0 aliphatic heterocycles. The second-order valence-corrected chi connectivity index (χ2v) is 6.30. The van der Waals surface area contributed by atoms with E-state index in [0.29, 0.717) is 23.4 Å². The van der Waals surface area contributed by atoms with Gasteiger partial charge in [0.15, 0.2) is 11.6 Å². The molecule has 4 rings (SSSR count). The molecule has 0 N–H and O–H groups in total. The summed E-state index contributed by atoms with van der Waals surface area (Å²) in [5.74, 6) is -0.438. The highest BCUT2D eigenvalue weighted by molar-refractivity contribution is 5.75. The number of nitrogens with zero attached hydrogens (tertiary/aromatic N) is 5. The fraction of sp³-hybridized carbons (Fsp3) is 0.150. The molecule has 7 heteroatoms. The quantitative estimate of drug-likeness (QED) is 0.540. The summed E-state index contributed by atoms with van der Waals surface area (Å²) < 4.78 is 28.9. The van der Waals surface area contributed by atoms with E-state index in [2.05, 4.69) is 31.7 Å². The van der Waals surface area contributed by atoms with Gasteiger partial charge in [0.1, 0.15) is 11.6 Å². The molecule has 2 aromatic carbocycles. The number of halogens is 2. The lowest BCUT2D eigenvalue weighted by molar-refractivity contribution is 0.510. The van der Waals surface area contributed by atoms with Gasteiger partial charge in [0.2, 0.25) is 0 Å². The highest BCUT2D eigenvalue weighted by Gasteiger charge is 2.12. The van der Waals surface area contributed by atoms with Crippen LogP contribution >= 0.6 is 0 Å². The number of imidazole rings is 1. The first-order valence-corrected chi connectivity index (χ1v) is 8.47. The third kappa shape index (κ3) is 3.62. The van der Waals surface area contributed by atoms with E-state index in [4.69, 9.17) is 0 Å². The molecule has 2 aromatic heterocycles. The van der Waals surface area contributed by atoms with Crippen molar-refractivity contribution in [2.24, 2.45) is 0 Å². The monoisotopic (exact) mass is 365 g/mol. The van der Waals surface area contributed by atoms with Crippen LogP contribution in [0.5, 0.6) is 0 Å². The Morgan fingerprint density at radius 3 is 2.52 bits per heavy atom. The molecule has 0 aliphatic carbocycles. The van der Waals surface area contributed by atoms with Crippen LogP contribution in [0.25, 0.3) is 11.0 Å². The van der Waals surface area contributed by atoms with Crippen molar-refractivity contribution in [3.8, 4) is 0 Å². The van der Waals surface area contributed by atoms with Gasteiger partial charge in [-0.15, -0.1) is 0 Å². The van der Waals surface area contributed by atoms with Crippen molar-refractivity contribution < 1.29 is 8.78 Å². The Morgan fingerprint density at radius 1 is 1.00 bits per heavy atom. The van der Waals surface area contributed by atoms with E-state index >= 15 is 0 Å². The molecule has 0 saturated heterocycles. The van der Waals surface area contributed by atoms with Gasteiger partial charge in [-0.3, -0.25) is 4.98 Å². The van der Waals surface area contributed by atoms with E-state index < -0.39 is 11.6 Å². The Morgan fingerprint density at radius 2 is 1.74 bits per heavy atom. The van der Waals surface area contributed by atoms with Crippen LogP contribution in [0.3, 0.4) is 0 Å². The van der Waals surface area contributed by atoms with Crippen LogP contribution in [0.1, 0.15) is 11.4 Å². The van der Waals surface area contributed by atoms with Crippen molar-refractivity contribution in [1.82, 2.24) is 19.5 Å². The predicted molar refractivity (Wildman–Crippen MR) is 99.3 cm³/mol. The van der Waals surface area contributed by atoms with Crippen LogP contribution in [0.2, 0.25) is 0 Å². The van der Waals surface area contributed by atoms with Crippen LogP contribution in [-0.2, 0) is 13.1 Å². The van der Waals surface area contributed by atoms with Crippen molar-refractivity contribution >= 4 is 16.9 Å². The lowest BCUT2D eigenvalue weighted by Gasteiger charge is -2.18. The topological polar surface area (TPSA) is 46.8 Å². The molecule has 0 spiro atoms. The van der Waals surface area contributed by atoms with Gasteiger partial charge in [0.25, 0.3) is 0 Å². The molecule has 136 valence electrons. The Hall–Kier alpha value is -3.35. The minimum Gasteiger partial charge on any atom is -0.351 e. The maximum Gasteiger partial charge on any atom is 0.161 e. The Balaban J connectivity index is 1.56. The van der Waals surface area contributed by atoms with Gasteiger partial charge in [-0.25, -0.2) is 18.7 Å². The van der Waals surface area contributed by atoms with Gasteiger partial charge in [-0.1, -0.05) is 30.3 Å². The number of rotatable bonds is 5. The second kappa shape index (κ2) is 7.11. The number of anilines is 1. The van der Waals surface area contributed by atoms with Crippen molar-refractivity contribution in [3.05, 3.63) is 84.1 Å². The molecule has 2 heterocycles. The Kier molecular flexibility index (Phi) is 4.50. The number of benzene rings is 2. The summed E-state index contributed by atoms with van der Waals surface area (Å²) in [6.07, 6.45) is 5.24. The summed E-state index contributed by atoms with van der Waals surface area (Å²) in [5, 5.41) is 0. The van der Waals surface area contributed by atoms with Crippen molar-refractivity contribution in [1.29, 1.82) is 0 Å². The normalized spacial score (nSPS) is 11.1. The summed E-state index contributed by atoms with van der Waals surface area (Å²) in [6.45, 7) is 1.22. The van der Waals surface area contributed by atoms with E-state index in [1.54, 1.807) is 12.4 Å². The molecule has 0 atom stereocenters. The molecular weight excluding hydrogens is 348 g/mol. The molecule has 0 saturated carbocycles. The van der Waals surface area contributed by atoms with Crippen LogP contribution in [0.15, 0.2) is 61.1 Å². The first kappa shape index (κ1) is 17.1. The van der Waals surface area contributed by atoms with E-state index in [-0.39, 0.29) is 0 Å². The smallest absolute Gasteiger partial charge is 0.161 e. The summed E-state index contributed by atoms with van der Waals surface area (Å²) >= 11 is 0. The van der Waals surface area contributed by atoms with Gasteiger partial charge in [-0.05, 0) is 5.56 Å². The lowest BCUT2D eigenvalue weighted by Crippen LogP contribution is -2.21. The standard InChI is InChI=1S/C20H17F2N5/c1-26(19-11-24-17-9-15(21)16(22)10-18(17)25-19)13-20-23-7-8-27(20)12-14-5-3-2-4-6-14/h2-11H,12-13H2,1H3. The molecule has 5 nitrogen and oxygen atoms in total. The van der Waals surface area contributed by atoms with E-state index in [0.717, 1.165) is 24.5 Å². The van der Waals surface area contributed by atoms with E-state index in [1.807, 2.05) is 36.3 Å². The molecule has 0 radical (unpaired) electrons. The van der Waals surface area contributed by atoms with Crippen molar-refractivity contribution in [2.75, 3.05) is 11.9 Å². The van der Waals surface area contributed by atoms with E-state index in [1.165, 1.54) is 5.56 Å². The van der Waals surface area contributed by atoms with Crippen LogP contribution in [-0.4, -0.2) is 26.6 Å². The van der Waals surface area contributed by atoms with Crippen molar-refractivity contribution in [2.45, 2.75) is 13.1 Å². The molecule has 0 bridgehead atoms. The number of hydrogen-bond acceptors (Lipinski definition) is 4. The third-order valence-electron chi connectivity index (χ3n) is 4.34. The zero-order valence-corrected chi connectivity index (χ0v) is 14.7. The highest BCUT2D eigenvalue weighted by Crippen LogP contribution is 2.19. The molecule has 0 amide bonds. The van der Waals surface area contributed by atoms with Gasteiger partial charge in [0, 0.05) is 38.1 Å². The SMILES string of the molecule is CN(Cc1nccn1Cc1ccccc1)c1cnc2cc(F)c(F)cc2n1. The average Bonchev–Trinajstić information content (AvgIpc) is 3.09. The first-order chi connectivity index (χ1) is 13.1. The van der Waals surface area contributed by atoms with Crippen molar-refractivity contribution in [3.63, 3.8) is 0 Å². The van der Waals surface area contributed by atoms with Gasteiger partial charge >= 0.3 is 0 Å². The van der Waals surface area contributed by atoms with Crippen LogP contribution < -0.4 is 4.90 Å². The molecule has 4 aromatic rings. The fourth-order valence-electron chi connectivity index (χ4n) is 2.89. The Bertz CT molecular complexity index is 1080. The second-order valence-electron chi connectivity index (χ2n) is 6.30. The largest absolute Gasteiger partial charge is 0.351 e. The van der Waals surface area contributed by atoms with Gasteiger partial charge < -0.3 is 9.47 Å². The summed E-state index contributed by atoms with van der Waals surface area (Å²) in [7, 11) is 1.86. The maximum atomic E-state index is 13.5. The first-order valence-electron chi connectivity index (χ1n) is 8.47. The average molecular weight is 365 g/mol. The van der Waals surface area contributed by atoms with Crippen LogP contribution in [0.4, 0.5) is 14.6 Å².